The van der Waals surface area contributed by atoms with Crippen LogP contribution in [0.4, 0.5) is 79.0 Å². The van der Waals surface area contributed by atoms with Crippen LogP contribution in [0.2, 0.25) is 0 Å². The van der Waals surface area contributed by atoms with E-state index in [4.69, 9.17) is 28.4 Å². The third-order valence-corrected chi connectivity index (χ3v) is 5.80. The number of hydrogen-bond acceptors (Lipinski definition) is 6. The van der Waals surface area contributed by atoms with E-state index in [2.05, 4.69) is 0 Å². The first kappa shape index (κ1) is 56.6. The molecule has 48 heavy (non-hydrogen) atoms. The zero-order chi connectivity index (χ0) is 36.7. The summed E-state index contributed by atoms with van der Waals surface area (Å²) in [4.78, 5) is 0. The number of alkyl halides is 20. The van der Waals surface area contributed by atoms with E-state index in [1.165, 1.54) is 0 Å². The van der Waals surface area contributed by atoms with Gasteiger partial charge in [-0.25, -0.2) is 0 Å². The quantitative estimate of drug-likeness (QED) is 0.186. The van der Waals surface area contributed by atoms with Crippen LogP contribution in [0.25, 0.3) is 0 Å². The Balaban J connectivity index is -0.000000300. The van der Waals surface area contributed by atoms with Crippen LogP contribution in [0.5, 0.6) is 0 Å². The molecule has 0 N–H and O–H groups in total. The molecule has 0 aromatic rings. The smallest absolute Gasteiger partial charge is 1.00 e. The minimum Gasteiger partial charge on any atom is -1.00 e. The fourth-order valence-electron chi connectivity index (χ4n) is 2.03. The molecule has 0 saturated carbocycles. The Morgan fingerprint density at radius 1 is 0.292 bits per heavy atom. The predicted molar refractivity (Wildman–Crippen MR) is 135 cm³/mol. The van der Waals surface area contributed by atoms with Crippen molar-refractivity contribution in [3.8, 4) is 0 Å². The molecule has 1 aliphatic rings. The standard InChI is InChI=1S/C12H24O6.2C4F9I.ClH.K/c1-2-14-5-6-16-9-10-18-12-11-17-8-7-15-4-3-13-1;2*5-1(6,3(9,10)11)2(7,8)4(12,13)14;;/h1-12H2;;;1H;/q;;;;+1/p-1. The second-order valence-electron chi connectivity index (χ2n) is 7.96. The largest absolute Gasteiger partial charge is 1.00 e. The molecule has 6 nitrogen and oxygen atoms in total. The Hall–Kier alpha value is 1.89. The molecule has 1 aliphatic heterocycles. The SMILES string of the molecule is C1COCCOCCOCCOCCOCCO1.FC(F)(F)C(F)(F)C(F)(F)C(F)(F)I.FC(F)(F)C(F)(F)C(F)(F)C(F)(F)I.[Cl-].[K+]. The van der Waals surface area contributed by atoms with Crippen molar-refractivity contribution < 1.29 is 171 Å². The van der Waals surface area contributed by atoms with Gasteiger partial charge in [0.05, 0.1) is 79.3 Å². The van der Waals surface area contributed by atoms with Crippen LogP contribution in [0.1, 0.15) is 0 Å². The Morgan fingerprint density at radius 3 is 0.479 bits per heavy atom. The van der Waals surface area contributed by atoms with Crippen LogP contribution < -0.4 is 63.8 Å². The number of ether oxygens (including phenoxy) is 6. The van der Waals surface area contributed by atoms with Crippen molar-refractivity contribution in [2.45, 2.75) is 43.9 Å². The molecule has 0 aromatic carbocycles. The van der Waals surface area contributed by atoms with Crippen molar-refractivity contribution in [3.63, 3.8) is 0 Å². The zero-order valence-electron chi connectivity index (χ0n) is 23.9. The molecule has 1 rings (SSSR count). The Bertz CT molecular complexity index is 662. The first-order valence-corrected chi connectivity index (χ1v) is 13.9. The molecule has 1 fully saturated rings. The van der Waals surface area contributed by atoms with Crippen LogP contribution in [0.3, 0.4) is 0 Å². The summed E-state index contributed by atoms with van der Waals surface area (Å²) in [6.45, 7) is 7.04. The van der Waals surface area contributed by atoms with Crippen LogP contribution >= 0.6 is 45.2 Å². The van der Waals surface area contributed by atoms with Gasteiger partial charge in [0.1, 0.15) is 0 Å². The van der Waals surface area contributed by atoms with E-state index in [9.17, 15) is 79.0 Å². The summed E-state index contributed by atoms with van der Waals surface area (Å²) < 4.78 is 231. The van der Waals surface area contributed by atoms with Gasteiger partial charge >= 0.3 is 95.3 Å². The molecule has 0 aromatic heterocycles. The van der Waals surface area contributed by atoms with Crippen LogP contribution in [0, 0.1) is 0 Å². The maximum Gasteiger partial charge on any atom is 1.00 e. The van der Waals surface area contributed by atoms with E-state index in [0.717, 1.165) is 0 Å². The fraction of sp³-hybridized carbons (Fsp3) is 1.00. The normalized spacial score (nSPS) is 18.2. The summed E-state index contributed by atoms with van der Waals surface area (Å²) in [5.41, 5.74) is 0. The first-order valence-electron chi connectivity index (χ1n) is 11.7. The van der Waals surface area contributed by atoms with Crippen molar-refractivity contribution in [1.29, 1.82) is 0 Å². The van der Waals surface area contributed by atoms with Crippen molar-refractivity contribution >= 4 is 45.2 Å². The van der Waals surface area contributed by atoms with Gasteiger partial charge in [-0.3, -0.25) is 0 Å². The van der Waals surface area contributed by atoms with Crippen molar-refractivity contribution in [3.05, 3.63) is 0 Å². The van der Waals surface area contributed by atoms with Crippen molar-refractivity contribution in [2.24, 2.45) is 0 Å². The van der Waals surface area contributed by atoms with Gasteiger partial charge in [-0.15, -0.1) is 0 Å². The molecule has 28 heteroatoms. The summed E-state index contributed by atoms with van der Waals surface area (Å²) in [5, 5.41) is 0. The van der Waals surface area contributed by atoms with E-state index in [1.807, 2.05) is 0 Å². The molecule has 0 amide bonds. The Labute approximate surface area is 336 Å². The second-order valence-corrected chi connectivity index (χ2v) is 10.7. The predicted octanol–water partition coefficient (Wildman–Crippen LogP) is 1.80. The van der Waals surface area contributed by atoms with E-state index in [0.29, 0.717) is 79.3 Å². The monoisotopic (exact) mass is 1030 g/mol. The summed E-state index contributed by atoms with van der Waals surface area (Å²) in [6, 6.07) is 0. The fourth-order valence-corrected chi connectivity index (χ4v) is 2.71. The number of rotatable bonds is 4. The Morgan fingerprint density at radius 2 is 0.417 bits per heavy atom. The van der Waals surface area contributed by atoms with Gasteiger partial charge in [-0.1, -0.05) is 0 Å². The minimum absolute atomic E-state index is 0. The van der Waals surface area contributed by atoms with Crippen LogP contribution in [0.15, 0.2) is 0 Å². The average Bonchev–Trinajstić information content (AvgIpc) is 2.86. The molecule has 288 valence electrons. The molecule has 0 spiro atoms. The van der Waals surface area contributed by atoms with Gasteiger partial charge in [0.15, 0.2) is 0 Å². The summed E-state index contributed by atoms with van der Waals surface area (Å²) >= 11 is -0.957. The second kappa shape index (κ2) is 24.3. The summed E-state index contributed by atoms with van der Waals surface area (Å²) in [5.74, 6) is -26.5. The third-order valence-electron chi connectivity index (χ3n) is 4.44. The van der Waals surface area contributed by atoms with Crippen molar-refractivity contribution in [1.82, 2.24) is 0 Å². The molecular formula is C20H24ClF18I2KO6. The molecule has 0 unspecified atom stereocenters. The van der Waals surface area contributed by atoms with E-state index < -0.39 is 89.1 Å². The molecule has 1 heterocycles. The molecular weight excluding hydrogens is 1010 g/mol. The van der Waals surface area contributed by atoms with E-state index in [-0.39, 0.29) is 63.8 Å². The average molecular weight is 1030 g/mol. The summed E-state index contributed by atoms with van der Waals surface area (Å²) in [7, 11) is 0. The number of hydrogen-bond donors (Lipinski definition) is 0. The van der Waals surface area contributed by atoms with Gasteiger partial charge in [0, 0.05) is 45.2 Å². The first-order chi connectivity index (χ1) is 20.5. The molecule has 0 bridgehead atoms. The topological polar surface area (TPSA) is 55.4 Å². The summed E-state index contributed by atoms with van der Waals surface area (Å²) in [6.07, 6.45) is -13.5. The van der Waals surface area contributed by atoms with Gasteiger partial charge < -0.3 is 40.8 Å². The van der Waals surface area contributed by atoms with Gasteiger partial charge in [0.2, 0.25) is 0 Å². The zero-order valence-corrected chi connectivity index (χ0v) is 32.1. The molecule has 1 saturated heterocycles. The minimum atomic E-state index is -6.77. The van der Waals surface area contributed by atoms with Gasteiger partial charge in [-0.2, -0.15) is 79.0 Å². The molecule has 0 aliphatic carbocycles. The maximum atomic E-state index is 12.0. The van der Waals surface area contributed by atoms with Gasteiger partial charge in [-0.05, 0) is 0 Å². The number of halogens is 21. The van der Waals surface area contributed by atoms with Gasteiger partial charge in [0.25, 0.3) is 0 Å². The molecule has 0 atom stereocenters. The third kappa shape index (κ3) is 19.3. The van der Waals surface area contributed by atoms with Crippen LogP contribution in [-0.4, -0.2) is 123 Å². The van der Waals surface area contributed by atoms with E-state index >= 15 is 0 Å². The maximum absolute atomic E-state index is 12.0. The van der Waals surface area contributed by atoms with Crippen molar-refractivity contribution in [2.75, 3.05) is 79.3 Å². The Kier molecular flexibility index (Phi) is 28.7. The van der Waals surface area contributed by atoms with Crippen LogP contribution in [-0.2, 0) is 28.4 Å². The molecule has 0 radical (unpaired) electrons. The van der Waals surface area contributed by atoms with E-state index in [1.54, 1.807) is 0 Å².